The van der Waals surface area contributed by atoms with Crippen molar-refractivity contribution in [1.29, 1.82) is 0 Å². The Labute approximate surface area is 79.6 Å². The molecule has 0 saturated carbocycles. The second kappa shape index (κ2) is 4.58. The van der Waals surface area contributed by atoms with Crippen LogP contribution in [0.1, 0.15) is 19.8 Å². The zero-order valence-corrected chi connectivity index (χ0v) is 8.29. The molecule has 0 amide bonds. The molecule has 13 heavy (non-hydrogen) atoms. The van der Waals surface area contributed by atoms with Gasteiger partial charge in [0, 0.05) is 13.0 Å². The predicted octanol–water partition coefficient (Wildman–Crippen LogP) is 0.708. The van der Waals surface area contributed by atoms with Crippen LogP contribution in [0.2, 0.25) is 6.82 Å². The minimum atomic E-state index is -0.380. The molecule has 0 aromatic carbocycles. The second-order valence-electron chi connectivity index (χ2n) is 3.62. The van der Waals surface area contributed by atoms with E-state index >= 15 is 0 Å². The fourth-order valence-corrected chi connectivity index (χ4v) is 1.55. The molecule has 0 atom stereocenters. The number of Topliss-reactive ketones (excluding diaryl/α,β-unsaturated/α-hetero) is 1. The van der Waals surface area contributed by atoms with Gasteiger partial charge in [-0.25, -0.2) is 0 Å². The van der Waals surface area contributed by atoms with Gasteiger partial charge in [-0.3, -0.25) is 4.79 Å². The molecule has 0 aromatic rings. The van der Waals surface area contributed by atoms with Crippen molar-refractivity contribution in [2.45, 2.75) is 26.6 Å². The van der Waals surface area contributed by atoms with Crippen LogP contribution in [0.4, 0.5) is 0 Å². The molecule has 0 unspecified atom stereocenters. The van der Waals surface area contributed by atoms with Crippen LogP contribution in [-0.4, -0.2) is 35.8 Å². The van der Waals surface area contributed by atoms with Gasteiger partial charge in [-0.1, -0.05) is 11.6 Å². The Morgan fingerprint density at radius 3 is 2.85 bits per heavy atom. The van der Waals surface area contributed by atoms with Gasteiger partial charge in [0.15, 0.2) is 0 Å². The van der Waals surface area contributed by atoms with Crippen molar-refractivity contribution in [2.24, 2.45) is 0 Å². The van der Waals surface area contributed by atoms with Crippen molar-refractivity contribution < 1.29 is 9.82 Å². The Hall–Kier alpha value is -0.605. The van der Waals surface area contributed by atoms with Crippen LogP contribution in [0.15, 0.2) is 11.6 Å². The Bertz CT molecular complexity index is 226. The van der Waals surface area contributed by atoms with E-state index in [1.54, 1.807) is 13.7 Å². The van der Waals surface area contributed by atoms with Crippen LogP contribution in [0.25, 0.3) is 0 Å². The lowest BCUT2D eigenvalue weighted by Gasteiger charge is -2.26. The third-order valence-corrected chi connectivity index (χ3v) is 2.34. The van der Waals surface area contributed by atoms with Gasteiger partial charge in [-0.15, -0.1) is 0 Å². The summed E-state index contributed by atoms with van der Waals surface area (Å²) in [5.41, 5.74) is 1.21. The van der Waals surface area contributed by atoms with Crippen LogP contribution < -0.4 is 0 Å². The summed E-state index contributed by atoms with van der Waals surface area (Å²) in [4.78, 5) is 12.8. The minimum Gasteiger partial charge on any atom is -0.437 e. The normalized spacial score (nSPS) is 18.2. The highest BCUT2D eigenvalue weighted by atomic mass is 16.2. The van der Waals surface area contributed by atoms with Crippen molar-refractivity contribution in [3.63, 3.8) is 0 Å². The minimum absolute atomic E-state index is 0.219. The van der Waals surface area contributed by atoms with Crippen molar-refractivity contribution in [1.82, 2.24) is 4.81 Å². The number of carbonyl (C=O) groups is 1. The molecule has 1 aliphatic heterocycles. The summed E-state index contributed by atoms with van der Waals surface area (Å²) < 4.78 is 0. The van der Waals surface area contributed by atoms with Crippen molar-refractivity contribution in [3.8, 4) is 0 Å². The molecule has 1 heterocycles. The first kappa shape index (κ1) is 10.5. The Balaban J connectivity index is 2.43. The molecule has 1 aliphatic rings. The molecular weight excluding hydrogens is 165 g/mol. The summed E-state index contributed by atoms with van der Waals surface area (Å²) in [6.07, 6.45) is 3.54. The quantitative estimate of drug-likeness (QED) is 0.514. The predicted molar refractivity (Wildman–Crippen MR) is 53.4 cm³/mol. The summed E-state index contributed by atoms with van der Waals surface area (Å²) in [5.74, 6) is 0.219. The topological polar surface area (TPSA) is 40.5 Å². The fourth-order valence-electron chi connectivity index (χ4n) is 1.55. The van der Waals surface area contributed by atoms with Gasteiger partial charge in [0.1, 0.15) is 5.78 Å². The Kier molecular flexibility index (Phi) is 3.69. The van der Waals surface area contributed by atoms with Gasteiger partial charge in [0.2, 0.25) is 0 Å². The molecule has 1 N–H and O–H groups in total. The van der Waals surface area contributed by atoms with Gasteiger partial charge in [-0.2, -0.15) is 0 Å². The largest absolute Gasteiger partial charge is 0.437 e. The highest BCUT2D eigenvalue weighted by molar-refractivity contribution is 6.45. The first-order valence-electron chi connectivity index (χ1n) is 4.69. The van der Waals surface area contributed by atoms with Crippen LogP contribution in [-0.2, 0) is 4.79 Å². The lowest BCUT2D eigenvalue weighted by molar-refractivity contribution is -0.116. The van der Waals surface area contributed by atoms with E-state index in [2.05, 4.69) is 6.08 Å². The van der Waals surface area contributed by atoms with E-state index in [1.165, 1.54) is 5.57 Å². The molecule has 0 radical (unpaired) electrons. The van der Waals surface area contributed by atoms with E-state index in [4.69, 9.17) is 0 Å². The van der Waals surface area contributed by atoms with Crippen molar-refractivity contribution >= 4 is 12.8 Å². The summed E-state index contributed by atoms with van der Waals surface area (Å²) in [7, 11) is -0.380. The standard InChI is InChI=1S/C9H16BNO2/c1-8(12)7-9-3-5-11(6-4-9)10(2)13/h3,13H,4-7H2,1-2H3. The third kappa shape index (κ3) is 3.32. The first-order valence-corrected chi connectivity index (χ1v) is 4.69. The van der Waals surface area contributed by atoms with Crippen LogP contribution in [0.5, 0.6) is 0 Å². The maximum atomic E-state index is 10.8. The van der Waals surface area contributed by atoms with E-state index in [-0.39, 0.29) is 12.8 Å². The number of carbonyl (C=O) groups excluding carboxylic acids is 1. The van der Waals surface area contributed by atoms with Crippen LogP contribution in [0, 0.1) is 0 Å². The highest BCUT2D eigenvalue weighted by Crippen LogP contribution is 2.14. The molecule has 1 rings (SSSR count). The van der Waals surface area contributed by atoms with E-state index in [1.807, 2.05) is 4.81 Å². The number of ketones is 1. The Morgan fingerprint density at radius 2 is 2.46 bits per heavy atom. The zero-order valence-electron chi connectivity index (χ0n) is 8.29. The molecule has 0 spiro atoms. The smallest absolute Gasteiger partial charge is 0.376 e. The van der Waals surface area contributed by atoms with Gasteiger partial charge in [-0.05, 0) is 26.7 Å². The number of hydrogen-bond donors (Lipinski definition) is 1. The van der Waals surface area contributed by atoms with E-state index in [9.17, 15) is 9.82 Å². The van der Waals surface area contributed by atoms with E-state index in [0.717, 1.165) is 19.5 Å². The van der Waals surface area contributed by atoms with Gasteiger partial charge < -0.3 is 9.83 Å². The average molecular weight is 181 g/mol. The lowest BCUT2D eigenvalue weighted by Crippen LogP contribution is -2.40. The maximum absolute atomic E-state index is 10.8. The summed E-state index contributed by atoms with van der Waals surface area (Å²) in [5, 5.41) is 9.28. The first-order chi connectivity index (χ1) is 6.09. The summed E-state index contributed by atoms with van der Waals surface area (Å²) >= 11 is 0. The molecule has 0 saturated heterocycles. The van der Waals surface area contributed by atoms with Gasteiger partial charge in [0.25, 0.3) is 0 Å². The lowest BCUT2D eigenvalue weighted by atomic mass is 9.83. The molecule has 0 aliphatic carbocycles. The van der Waals surface area contributed by atoms with Crippen LogP contribution >= 0.6 is 0 Å². The van der Waals surface area contributed by atoms with E-state index in [0.29, 0.717) is 6.42 Å². The number of hydrogen-bond acceptors (Lipinski definition) is 3. The Morgan fingerprint density at radius 1 is 1.77 bits per heavy atom. The molecule has 4 heteroatoms. The molecule has 0 fully saturated rings. The molecular formula is C9H16BNO2. The molecule has 0 aromatic heterocycles. The van der Waals surface area contributed by atoms with Gasteiger partial charge in [0.05, 0.1) is 0 Å². The third-order valence-electron chi connectivity index (χ3n) is 2.34. The average Bonchev–Trinajstić information content (AvgIpc) is 2.04. The molecule has 72 valence electrons. The number of rotatable bonds is 3. The zero-order chi connectivity index (χ0) is 9.84. The maximum Gasteiger partial charge on any atom is 0.376 e. The summed E-state index contributed by atoms with van der Waals surface area (Å²) in [6, 6.07) is 0. The van der Waals surface area contributed by atoms with Crippen LogP contribution in [0.3, 0.4) is 0 Å². The highest BCUT2D eigenvalue weighted by Gasteiger charge is 2.18. The number of nitrogens with zero attached hydrogens (tertiary/aromatic N) is 1. The van der Waals surface area contributed by atoms with Crippen molar-refractivity contribution in [3.05, 3.63) is 11.6 Å². The SMILES string of the molecule is CB(O)N1CC=C(CC(C)=O)CC1. The molecule has 3 nitrogen and oxygen atoms in total. The van der Waals surface area contributed by atoms with Crippen molar-refractivity contribution in [2.75, 3.05) is 13.1 Å². The fraction of sp³-hybridized carbons (Fsp3) is 0.667. The summed E-state index contributed by atoms with van der Waals surface area (Å²) in [6.45, 7) is 5.00. The van der Waals surface area contributed by atoms with Gasteiger partial charge >= 0.3 is 7.05 Å². The molecule has 0 bridgehead atoms. The van der Waals surface area contributed by atoms with E-state index < -0.39 is 0 Å². The second-order valence-corrected chi connectivity index (χ2v) is 3.62. The monoisotopic (exact) mass is 181 g/mol.